The van der Waals surface area contributed by atoms with Gasteiger partial charge in [-0.1, -0.05) is 30.3 Å². The van der Waals surface area contributed by atoms with Gasteiger partial charge in [0.15, 0.2) is 0 Å². The summed E-state index contributed by atoms with van der Waals surface area (Å²) in [7, 11) is 1.56. The van der Waals surface area contributed by atoms with Crippen LogP contribution in [0.3, 0.4) is 0 Å². The molecular weight excluding hydrogens is 354 g/mol. The molecule has 0 saturated heterocycles. The van der Waals surface area contributed by atoms with Crippen molar-refractivity contribution in [3.05, 3.63) is 95.0 Å². The van der Waals surface area contributed by atoms with Gasteiger partial charge in [0, 0.05) is 29.2 Å². The summed E-state index contributed by atoms with van der Waals surface area (Å²) in [5.74, 6) is 0.722. The Labute approximate surface area is 161 Å². The number of pyridine rings is 2. The van der Waals surface area contributed by atoms with Gasteiger partial charge < -0.3 is 10.1 Å². The number of fused-ring (bicyclic) bond motifs is 1. The van der Waals surface area contributed by atoms with Crippen LogP contribution < -0.4 is 15.6 Å². The Kier molecular flexibility index (Phi) is 4.60. The first-order valence-electron chi connectivity index (χ1n) is 8.68. The van der Waals surface area contributed by atoms with Gasteiger partial charge >= 0.3 is 0 Å². The highest BCUT2D eigenvalue weighted by Crippen LogP contribution is 2.21. The van der Waals surface area contributed by atoms with Gasteiger partial charge in [0.1, 0.15) is 11.6 Å². The van der Waals surface area contributed by atoms with E-state index < -0.39 is 0 Å². The quantitative estimate of drug-likeness (QED) is 0.594. The number of rotatable bonds is 4. The van der Waals surface area contributed by atoms with Crippen molar-refractivity contribution >= 4 is 22.5 Å². The molecule has 0 radical (unpaired) electrons. The molecule has 6 heteroatoms. The van der Waals surface area contributed by atoms with Gasteiger partial charge in [0.2, 0.25) is 0 Å². The summed E-state index contributed by atoms with van der Waals surface area (Å²) < 4.78 is 6.71. The van der Waals surface area contributed by atoms with Gasteiger partial charge in [-0.2, -0.15) is 0 Å². The molecule has 0 atom stereocenters. The molecule has 0 spiro atoms. The van der Waals surface area contributed by atoms with E-state index in [-0.39, 0.29) is 11.5 Å². The normalized spacial score (nSPS) is 10.6. The topological polar surface area (TPSA) is 73.2 Å². The molecule has 0 aliphatic carbocycles. The predicted molar refractivity (Wildman–Crippen MR) is 108 cm³/mol. The molecule has 2 heterocycles. The molecule has 0 unspecified atom stereocenters. The number of nitrogens with zero attached hydrogens (tertiary/aromatic N) is 2. The number of carbonyl (C=O) groups excluding carboxylic acids is 1. The maximum Gasteiger partial charge on any atom is 0.262 e. The van der Waals surface area contributed by atoms with Crippen LogP contribution in [0.1, 0.15) is 10.4 Å². The summed E-state index contributed by atoms with van der Waals surface area (Å²) >= 11 is 0. The number of anilines is 1. The molecule has 4 aromatic rings. The highest BCUT2D eigenvalue weighted by molar-refractivity contribution is 6.12. The largest absolute Gasteiger partial charge is 0.497 e. The van der Waals surface area contributed by atoms with Crippen LogP contribution in [0.5, 0.6) is 5.75 Å². The third-order valence-corrected chi connectivity index (χ3v) is 4.41. The summed E-state index contributed by atoms with van der Waals surface area (Å²) in [6.07, 6.45) is 3.16. The average Bonchev–Trinajstić information content (AvgIpc) is 2.75. The molecule has 0 fully saturated rings. The Bertz CT molecular complexity index is 1220. The molecule has 1 N–H and O–H groups in total. The van der Waals surface area contributed by atoms with E-state index >= 15 is 0 Å². The fourth-order valence-corrected chi connectivity index (χ4v) is 3.04. The minimum atomic E-state index is -0.341. The Morgan fingerprint density at radius 3 is 2.54 bits per heavy atom. The molecule has 6 nitrogen and oxygen atoms in total. The Balaban J connectivity index is 1.89. The van der Waals surface area contributed by atoms with E-state index in [4.69, 9.17) is 4.74 Å². The number of carbonyl (C=O) groups is 1. The third kappa shape index (κ3) is 3.23. The maximum absolute atomic E-state index is 13.0. The number of aromatic nitrogens is 2. The molecular formula is C22H17N3O3. The zero-order valence-corrected chi connectivity index (χ0v) is 15.1. The second-order valence-electron chi connectivity index (χ2n) is 6.13. The molecule has 138 valence electrons. The minimum Gasteiger partial charge on any atom is -0.497 e. The third-order valence-electron chi connectivity index (χ3n) is 4.41. The van der Waals surface area contributed by atoms with Crippen molar-refractivity contribution in [2.75, 3.05) is 12.4 Å². The van der Waals surface area contributed by atoms with Crippen LogP contribution in [0, 0.1) is 0 Å². The first kappa shape index (κ1) is 17.5. The van der Waals surface area contributed by atoms with Crippen LogP contribution in [-0.4, -0.2) is 22.6 Å². The van der Waals surface area contributed by atoms with Crippen LogP contribution in [0.15, 0.2) is 83.9 Å². The number of benzene rings is 2. The SMILES string of the molecule is COc1cccc(-n2cc(C(=O)Nc3ccccn3)c3ccccc3c2=O)c1. The Morgan fingerprint density at radius 1 is 1.00 bits per heavy atom. The van der Waals surface area contributed by atoms with Crippen molar-refractivity contribution in [3.8, 4) is 11.4 Å². The molecule has 0 aliphatic rings. The van der Waals surface area contributed by atoms with E-state index in [1.807, 2.05) is 0 Å². The zero-order valence-electron chi connectivity index (χ0n) is 15.1. The maximum atomic E-state index is 13.0. The monoisotopic (exact) mass is 371 g/mol. The number of ether oxygens (including phenoxy) is 1. The van der Waals surface area contributed by atoms with Gasteiger partial charge in [-0.05, 0) is 30.3 Å². The fraction of sp³-hybridized carbons (Fsp3) is 0.0455. The van der Waals surface area contributed by atoms with Crippen molar-refractivity contribution in [2.45, 2.75) is 0 Å². The van der Waals surface area contributed by atoms with E-state index in [0.29, 0.717) is 33.6 Å². The Hall–Kier alpha value is -3.93. The summed E-state index contributed by atoms with van der Waals surface area (Å²) in [5.41, 5.74) is 0.781. The number of amides is 1. The van der Waals surface area contributed by atoms with Crippen LogP contribution in [0.25, 0.3) is 16.5 Å². The highest BCUT2D eigenvalue weighted by Gasteiger charge is 2.16. The molecule has 0 saturated carbocycles. The van der Waals surface area contributed by atoms with Gasteiger partial charge in [-0.15, -0.1) is 0 Å². The van der Waals surface area contributed by atoms with Crippen molar-refractivity contribution in [3.63, 3.8) is 0 Å². The van der Waals surface area contributed by atoms with E-state index in [9.17, 15) is 9.59 Å². The molecule has 2 aromatic heterocycles. The molecule has 0 aliphatic heterocycles. The predicted octanol–water partition coefficient (Wildman–Crippen LogP) is 3.65. The lowest BCUT2D eigenvalue weighted by Gasteiger charge is -2.13. The van der Waals surface area contributed by atoms with Crippen LogP contribution >= 0.6 is 0 Å². The molecule has 28 heavy (non-hydrogen) atoms. The summed E-state index contributed by atoms with van der Waals surface area (Å²) in [6, 6.07) is 19.5. The van der Waals surface area contributed by atoms with Gasteiger partial charge in [0.05, 0.1) is 18.4 Å². The lowest BCUT2D eigenvalue weighted by Crippen LogP contribution is -2.22. The van der Waals surface area contributed by atoms with Crippen molar-refractivity contribution < 1.29 is 9.53 Å². The Morgan fingerprint density at radius 2 is 1.79 bits per heavy atom. The van der Waals surface area contributed by atoms with Gasteiger partial charge in [0.25, 0.3) is 11.5 Å². The van der Waals surface area contributed by atoms with Gasteiger partial charge in [-0.3, -0.25) is 14.2 Å². The van der Waals surface area contributed by atoms with Crippen molar-refractivity contribution in [1.82, 2.24) is 9.55 Å². The van der Waals surface area contributed by atoms with E-state index in [1.54, 1.807) is 86.2 Å². The van der Waals surface area contributed by atoms with E-state index in [2.05, 4.69) is 10.3 Å². The van der Waals surface area contributed by atoms with Crippen molar-refractivity contribution in [2.24, 2.45) is 0 Å². The number of hydrogen-bond donors (Lipinski definition) is 1. The summed E-state index contributed by atoms with van der Waals surface area (Å²) in [4.78, 5) is 30.1. The van der Waals surface area contributed by atoms with E-state index in [0.717, 1.165) is 0 Å². The standard InChI is InChI=1S/C22H17N3O3/c1-28-16-8-6-7-15(13-16)25-14-19(17-9-2-3-10-18(17)22(25)27)21(26)24-20-11-4-5-12-23-20/h2-14H,1H3,(H,23,24,26). The minimum absolute atomic E-state index is 0.210. The number of hydrogen-bond acceptors (Lipinski definition) is 4. The summed E-state index contributed by atoms with van der Waals surface area (Å²) in [6.45, 7) is 0. The molecule has 0 bridgehead atoms. The lowest BCUT2D eigenvalue weighted by molar-refractivity contribution is 0.102. The fourth-order valence-electron chi connectivity index (χ4n) is 3.04. The zero-order chi connectivity index (χ0) is 19.5. The van der Waals surface area contributed by atoms with E-state index in [1.165, 1.54) is 4.57 Å². The highest BCUT2D eigenvalue weighted by atomic mass is 16.5. The van der Waals surface area contributed by atoms with Crippen molar-refractivity contribution in [1.29, 1.82) is 0 Å². The second-order valence-corrected chi connectivity index (χ2v) is 6.13. The first-order chi connectivity index (χ1) is 13.7. The molecule has 4 rings (SSSR count). The number of methoxy groups -OCH3 is 1. The second kappa shape index (κ2) is 7.36. The van der Waals surface area contributed by atoms with Crippen LogP contribution in [0.4, 0.5) is 5.82 Å². The smallest absolute Gasteiger partial charge is 0.262 e. The number of nitrogens with one attached hydrogen (secondary N) is 1. The lowest BCUT2D eigenvalue weighted by atomic mass is 10.1. The molecule has 1 amide bonds. The summed E-state index contributed by atoms with van der Waals surface area (Å²) in [5, 5.41) is 3.82. The van der Waals surface area contributed by atoms with Crippen LogP contribution in [-0.2, 0) is 0 Å². The van der Waals surface area contributed by atoms with Gasteiger partial charge in [-0.25, -0.2) is 4.98 Å². The molecule has 2 aromatic carbocycles. The first-order valence-corrected chi connectivity index (χ1v) is 8.68. The average molecular weight is 371 g/mol. The van der Waals surface area contributed by atoms with Crippen LogP contribution in [0.2, 0.25) is 0 Å².